The number of carbonyl (C=O) groups excluding carboxylic acids is 4. The Morgan fingerprint density at radius 3 is 1.98 bits per heavy atom. The lowest BCUT2D eigenvalue weighted by molar-refractivity contribution is -0.155. The van der Waals surface area contributed by atoms with E-state index >= 15 is 0 Å². The van der Waals surface area contributed by atoms with E-state index in [1.165, 1.54) is 76.5 Å². The topological polar surface area (TPSA) is 98.8 Å². The number of Topliss-reactive ketones (excluding diaryl/α,β-unsaturated/α-hetero) is 1. The van der Waals surface area contributed by atoms with Crippen molar-refractivity contribution in [1.82, 2.24) is 5.32 Å². The first-order valence-electron chi connectivity index (χ1n) is 15.7. The monoisotopic (exact) mass is 603 g/mol. The first-order valence-corrected chi connectivity index (χ1v) is 17.5. The zero-order valence-electron chi connectivity index (χ0n) is 25.4. The van der Waals surface area contributed by atoms with E-state index in [2.05, 4.69) is 24.9 Å². The van der Waals surface area contributed by atoms with Crippen molar-refractivity contribution in [2.45, 2.75) is 142 Å². The number of nitrogens with one attached hydrogen (secondary N) is 1. The SMILES string of the molecule is CCCCCCCCCCCC(CC(=O)OCCSCCC(=O)NCC(C)=O)OC(=O)CCCCCCCCS. The van der Waals surface area contributed by atoms with Gasteiger partial charge in [0.15, 0.2) is 0 Å². The highest BCUT2D eigenvalue weighted by molar-refractivity contribution is 7.99. The lowest BCUT2D eigenvalue weighted by atomic mass is 10.0. The summed E-state index contributed by atoms with van der Waals surface area (Å²) in [6.45, 7) is 3.97. The molecule has 1 amide bonds. The second-order valence-electron chi connectivity index (χ2n) is 10.6. The molecule has 0 rings (SSSR count). The first kappa shape index (κ1) is 38.8. The van der Waals surface area contributed by atoms with Gasteiger partial charge < -0.3 is 14.8 Å². The second kappa shape index (κ2) is 29.3. The van der Waals surface area contributed by atoms with Gasteiger partial charge in [0, 0.05) is 24.3 Å². The minimum Gasteiger partial charge on any atom is -0.465 e. The standard InChI is InChI=1S/C31H57NO6S2/c1-3-4-5-6-7-8-9-12-15-18-28(38-30(35)19-16-13-10-11-14-17-22-39)25-31(36)37-21-24-40-23-20-29(34)32-26-27(2)33/h28,39H,3-26H2,1-2H3,(H,32,34). The van der Waals surface area contributed by atoms with Gasteiger partial charge >= 0.3 is 11.9 Å². The van der Waals surface area contributed by atoms with Gasteiger partial charge in [-0.2, -0.15) is 24.4 Å². The fourth-order valence-corrected chi connectivity index (χ4v) is 5.21. The van der Waals surface area contributed by atoms with Gasteiger partial charge in [0.1, 0.15) is 18.5 Å². The molecule has 0 saturated heterocycles. The highest BCUT2D eigenvalue weighted by Crippen LogP contribution is 2.16. The van der Waals surface area contributed by atoms with E-state index in [1.807, 2.05) is 0 Å². The van der Waals surface area contributed by atoms with Crippen LogP contribution in [0.5, 0.6) is 0 Å². The van der Waals surface area contributed by atoms with Crippen LogP contribution in [-0.4, -0.2) is 60.1 Å². The van der Waals surface area contributed by atoms with Gasteiger partial charge in [0.25, 0.3) is 0 Å². The highest BCUT2D eigenvalue weighted by Gasteiger charge is 2.19. The molecule has 0 aromatic carbocycles. The summed E-state index contributed by atoms with van der Waals surface area (Å²) in [4.78, 5) is 47.4. The lowest BCUT2D eigenvalue weighted by Crippen LogP contribution is -2.28. The maximum Gasteiger partial charge on any atom is 0.309 e. The van der Waals surface area contributed by atoms with Crippen LogP contribution < -0.4 is 5.32 Å². The highest BCUT2D eigenvalue weighted by atomic mass is 32.2. The molecule has 0 heterocycles. The summed E-state index contributed by atoms with van der Waals surface area (Å²) >= 11 is 5.76. The molecule has 1 N–H and O–H groups in total. The van der Waals surface area contributed by atoms with Gasteiger partial charge in [0.05, 0.1) is 13.0 Å². The third-order valence-electron chi connectivity index (χ3n) is 6.61. The average Bonchev–Trinajstić information content (AvgIpc) is 2.92. The molecule has 0 aromatic heterocycles. The molecule has 7 nitrogen and oxygen atoms in total. The number of hydrogen-bond donors (Lipinski definition) is 2. The van der Waals surface area contributed by atoms with Gasteiger partial charge in [-0.1, -0.05) is 84.0 Å². The summed E-state index contributed by atoms with van der Waals surface area (Å²) < 4.78 is 11.1. The predicted octanol–water partition coefficient (Wildman–Crippen LogP) is 7.24. The molecule has 0 aliphatic carbocycles. The van der Waals surface area contributed by atoms with Gasteiger partial charge in [-0.15, -0.1) is 0 Å². The van der Waals surface area contributed by atoms with Crippen LogP contribution in [0.3, 0.4) is 0 Å². The molecular weight excluding hydrogens is 546 g/mol. The molecule has 0 fully saturated rings. The van der Waals surface area contributed by atoms with Crippen LogP contribution in [-0.2, 0) is 28.7 Å². The van der Waals surface area contributed by atoms with Crippen molar-refractivity contribution in [1.29, 1.82) is 0 Å². The summed E-state index contributed by atoms with van der Waals surface area (Å²) in [5.74, 6) is 1.30. The maximum atomic E-state index is 12.5. The Bertz CT molecular complexity index is 662. The van der Waals surface area contributed by atoms with Crippen molar-refractivity contribution in [2.24, 2.45) is 0 Å². The number of ether oxygens (including phenoxy) is 2. The van der Waals surface area contributed by atoms with Crippen molar-refractivity contribution >= 4 is 48.0 Å². The smallest absolute Gasteiger partial charge is 0.309 e. The Hall–Kier alpha value is -1.22. The molecule has 234 valence electrons. The minimum atomic E-state index is -0.433. The van der Waals surface area contributed by atoms with E-state index in [1.54, 1.807) is 0 Å². The number of thioether (sulfide) groups is 1. The van der Waals surface area contributed by atoms with Crippen molar-refractivity contribution in [3.8, 4) is 0 Å². The number of rotatable bonds is 29. The zero-order chi connectivity index (χ0) is 29.7. The van der Waals surface area contributed by atoms with E-state index in [0.29, 0.717) is 30.8 Å². The van der Waals surface area contributed by atoms with Crippen LogP contribution in [0.15, 0.2) is 0 Å². The van der Waals surface area contributed by atoms with E-state index in [-0.39, 0.29) is 43.2 Å². The third kappa shape index (κ3) is 28.3. The van der Waals surface area contributed by atoms with E-state index in [0.717, 1.165) is 44.3 Å². The Labute approximate surface area is 253 Å². The number of thiol groups is 1. The van der Waals surface area contributed by atoms with Gasteiger partial charge in [-0.3, -0.25) is 19.2 Å². The van der Waals surface area contributed by atoms with Crippen LogP contribution in [0.2, 0.25) is 0 Å². The molecular formula is C31H57NO6S2. The van der Waals surface area contributed by atoms with Crippen LogP contribution in [0.25, 0.3) is 0 Å². The number of ketones is 1. The molecule has 0 aliphatic rings. The van der Waals surface area contributed by atoms with Crippen molar-refractivity contribution in [2.75, 3.05) is 30.4 Å². The first-order chi connectivity index (χ1) is 19.4. The molecule has 1 atom stereocenters. The predicted molar refractivity (Wildman–Crippen MR) is 169 cm³/mol. The second-order valence-corrected chi connectivity index (χ2v) is 12.3. The normalized spacial score (nSPS) is 11.7. The lowest BCUT2D eigenvalue weighted by Gasteiger charge is -2.17. The third-order valence-corrected chi connectivity index (χ3v) is 7.87. The van der Waals surface area contributed by atoms with Gasteiger partial charge in [-0.25, -0.2) is 0 Å². The maximum absolute atomic E-state index is 12.5. The number of hydrogen-bond acceptors (Lipinski definition) is 8. The quantitative estimate of drug-likeness (QED) is 0.0528. The fourth-order valence-electron chi connectivity index (χ4n) is 4.26. The molecule has 0 spiro atoms. The minimum absolute atomic E-state index is 0.0582. The van der Waals surface area contributed by atoms with Crippen molar-refractivity contribution < 1.29 is 28.7 Å². The van der Waals surface area contributed by atoms with Gasteiger partial charge in [-0.05, 0) is 38.4 Å². The largest absolute Gasteiger partial charge is 0.465 e. The Balaban J connectivity index is 4.29. The number of carbonyl (C=O) groups is 4. The zero-order valence-corrected chi connectivity index (χ0v) is 27.1. The van der Waals surface area contributed by atoms with Crippen LogP contribution in [0.1, 0.15) is 136 Å². The van der Waals surface area contributed by atoms with Crippen LogP contribution >= 0.6 is 24.4 Å². The van der Waals surface area contributed by atoms with Crippen molar-refractivity contribution in [3.63, 3.8) is 0 Å². The molecule has 1 unspecified atom stereocenters. The fraction of sp³-hybridized carbons (Fsp3) is 0.871. The average molecular weight is 604 g/mol. The molecule has 9 heteroatoms. The molecule has 0 radical (unpaired) electrons. The Morgan fingerprint density at radius 1 is 0.750 bits per heavy atom. The number of amides is 1. The summed E-state index contributed by atoms with van der Waals surface area (Å²) in [7, 11) is 0. The van der Waals surface area contributed by atoms with Crippen LogP contribution in [0.4, 0.5) is 0 Å². The van der Waals surface area contributed by atoms with Crippen molar-refractivity contribution in [3.05, 3.63) is 0 Å². The summed E-state index contributed by atoms with van der Waals surface area (Å²) in [6.07, 6.45) is 18.4. The molecule has 0 aromatic rings. The summed E-state index contributed by atoms with van der Waals surface area (Å²) in [5.41, 5.74) is 0. The number of esters is 2. The molecule has 40 heavy (non-hydrogen) atoms. The van der Waals surface area contributed by atoms with Gasteiger partial charge in [0.2, 0.25) is 5.91 Å². The molecule has 0 bridgehead atoms. The molecule has 0 saturated carbocycles. The Kier molecular flexibility index (Phi) is 28.4. The summed E-state index contributed by atoms with van der Waals surface area (Å²) in [5, 5.41) is 2.56. The van der Waals surface area contributed by atoms with E-state index < -0.39 is 6.10 Å². The van der Waals surface area contributed by atoms with E-state index in [9.17, 15) is 19.2 Å². The number of unbranched alkanes of at least 4 members (excludes halogenated alkanes) is 13. The van der Waals surface area contributed by atoms with Crippen LogP contribution in [0, 0.1) is 0 Å². The van der Waals surface area contributed by atoms with E-state index in [4.69, 9.17) is 9.47 Å². The summed E-state index contributed by atoms with van der Waals surface area (Å²) in [6, 6.07) is 0. The Morgan fingerprint density at radius 2 is 1.35 bits per heavy atom. The molecule has 0 aliphatic heterocycles.